The van der Waals surface area contributed by atoms with Crippen molar-refractivity contribution < 1.29 is 0 Å². The summed E-state index contributed by atoms with van der Waals surface area (Å²) in [6.45, 7) is 2.06. The van der Waals surface area contributed by atoms with Crippen molar-refractivity contribution in [3.8, 4) is 34.3 Å². The molecule has 5 rings (SSSR count). The van der Waals surface area contributed by atoms with Crippen molar-refractivity contribution in [1.82, 2.24) is 14.8 Å². The lowest BCUT2D eigenvalue weighted by atomic mass is 10.1. The molecular formula is C28H19ClN4S. The topological polar surface area (TPSA) is 54.5 Å². The molecule has 0 bridgehead atoms. The molecule has 4 nitrogen and oxygen atoms in total. The highest BCUT2D eigenvalue weighted by atomic mass is 35.5. The minimum atomic E-state index is 0.492. The molecule has 0 spiro atoms. The lowest BCUT2D eigenvalue weighted by molar-refractivity contribution is 0.884. The van der Waals surface area contributed by atoms with Crippen LogP contribution in [0.2, 0.25) is 5.02 Å². The van der Waals surface area contributed by atoms with Crippen molar-refractivity contribution in [2.24, 2.45) is 0 Å². The summed E-state index contributed by atoms with van der Waals surface area (Å²) in [5.74, 6) is 0. The quantitative estimate of drug-likeness (QED) is 0.243. The van der Waals surface area contributed by atoms with Crippen LogP contribution < -0.4 is 0 Å². The third-order valence-electron chi connectivity index (χ3n) is 5.38. The number of nitriles is 1. The Morgan fingerprint density at radius 2 is 1.68 bits per heavy atom. The van der Waals surface area contributed by atoms with Crippen molar-refractivity contribution in [2.45, 2.75) is 6.92 Å². The number of nitrogens with zero attached hydrogens (tertiary/aromatic N) is 4. The van der Waals surface area contributed by atoms with Gasteiger partial charge in [-0.15, -0.1) is 11.3 Å². The van der Waals surface area contributed by atoms with Crippen molar-refractivity contribution in [2.75, 3.05) is 0 Å². The van der Waals surface area contributed by atoms with E-state index >= 15 is 0 Å². The van der Waals surface area contributed by atoms with Gasteiger partial charge in [0.15, 0.2) is 0 Å². The van der Waals surface area contributed by atoms with Crippen molar-refractivity contribution in [3.05, 3.63) is 112 Å². The van der Waals surface area contributed by atoms with Gasteiger partial charge >= 0.3 is 0 Å². The Hall–Kier alpha value is -3.98. The zero-order valence-electron chi connectivity index (χ0n) is 18.3. The highest BCUT2D eigenvalue weighted by molar-refractivity contribution is 7.11. The number of hydrogen-bond donors (Lipinski definition) is 0. The highest BCUT2D eigenvalue weighted by Gasteiger charge is 2.15. The molecule has 0 saturated carbocycles. The first kappa shape index (κ1) is 21.8. The van der Waals surface area contributed by atoms with Crippen LogP contribution in [0.3, 0.4) is 0 Å². The molecule has 2 heterocycles. The second kappa shape index (κ2) is 9.48. The Bertz CT molecular complexity index is 1510. The zero-order valence-corrected chi connectivity index (χ0v) is 19.9. The second-order valence-electron chi connectivity index (χ2n) is 7.79. The van der Waals surface area contributed by atoms with Gasteiger partial charge in [0.05, 0.1) is 22.6 Å². The lowest BCUT2D eigenvalue weighted by Crippen LogP contribution is -1.93. The number of benzene rings is 3. The fourth-order valence-electron chi connectivity index (χ4n) is 3.59. The predicted octanol–water partition coefficient (Wildman–Crippen LogP) is 7.69. The average Bonchev–Trinajstić information content (AvgIpc) is 3.52. The second-order valence-corrected chi connectivity index (χ2v) is 9.09. The molecule has 0 saturated heterocycles. The van der Waals surface area contributed by atoms with Crippen LogP contribution in [-0.4, -0.2) is 14.8 Å². The van der Waals surface area contributed by atoms with E-state index < -0.39 is 0 Å². The fraction of sp³-hybridized carbons (Fsp3) is 0.0357. The van der Waals surface area contributed by atoms with Crippen LogP contribution in [0.5, 0.6) is 0 Å². The number of allylic oxidation sites excluding steroid dienone is 1. The molecule has 34 heavy (non-hydrogen) atoms. The maximum absolute atomic E-state index is 9.98. The van der Waals surface area contributed by atoms with E-state index in [-0.39, 0.29) is 0 Å². The standard InChI is InChI=1S/C28H19ClN4S/c1-19-7-9-20(10-8-19)26-18-34-28(31-26)22(16-30)15-23-17-33(25-5-3-2-4-6-25)32-27(23)21-11-13-24(29)14-12-21/h2-15,17-18H,1H3. The molecule has 0 amide bonds. The van der Waals surface area contributed by atoms with Crippen LogP contribution >= 0.6 is 22.9 Å². The van der Waals surface area contributed by atoms with E-state index in [1.54, 1.807) is 0 Å². The summed E-state index contributed by atoms with van der Waals surface area (Å²) in [5, 5.41) is 18.1. The number of aryl methyl sites for hydroxylation is 1. The van der Waals surface area contributed by atoms with Gasteiger partial charge in [-0.25, -0.2) is 9.67 Å². The van der Waals surface area contributed by atoms with Crippen molar-refractivity contribution in [1.29, 1.82) is 5.26 Å². The molecule has 0 fully saturated rings. The predicted molar refractivity (Wildman–Crippen MR) is 140 cm³/mol. The van der Waals surface area contributed by atoms with Crippen LogP contribution in [0.1, 0.15) is 16.1 Å². The molecule has 0 aliphatic heterocycles. The molecule has 0 aliphatic rings. The number of hydrogen-bond acceptors (Lipinski definition) is 4. The van der Waals surface area contributed by atoms with Gasteiger partial charge in [0.2, 0.25) is 0 Å². The van der Waals surface area contributed by atoms with Gasteiger partial charge < -0.3 is 0 Å². The van der Waals surface area contributed by atoms with Gasteiger partial charge in [-0.1, -0.05) is 71.8 Å². The summed E-state index contributed by atoms with van der Waals surface area (Å²) < 4.78 is 1.82. The first-order chi connectivity index (χ1) is 16.6. The van der Waals surface area contributed by atoms with E-state index in [1.807, 2.05) is 89.1 Å². The molecule has 164 valence electrons. The van der Waals surface area contributed by atoms with Gasteiger partial charge in [0, 0.05) is 33.3 Å². The normalized spacial score (nSPS) is 11.4. The molecule has 2 aromatic heterocycles. The monoisotopic (exact) mass is 478 g/mol. The SMILES string of the molecule is Cc1ccc(-c2csc(C(C#N)=Cc3cn(-c4ccccc4)nc3-c3ccc(Cl)cc3)n2)cc1. The third-order valence-corrected chi connectivity index (χ3v) is 6.51. The Balaban J connectivity index is 1.58. The third kappa shape index (κ3) is 4.55. The Morgan fingerprint density at radius 1 is 0.971 bits per heavy atom. The molecule has 0 aliphatic carbocycles. The summed E-state index contributed by atoms with van der Waals surface area (Å²) in [6, 6.07) is 28.0. The molecule has 5 aromatic rings. The maximum Gasteiger partial charge on any atom is 0.134 e. The summed E-state index contributed by atoms with van der Waals surface area (Å²) in [5.41, 5.74) is 7.03. The van der Waals surface area contributed by atoms with Gasteiger partial charge in [-0.2, -0.15) is 10.4 Å². The number of halogens is 1. The van der Waals surface area contributed by atoms with E-state index in [0.717, 1.165) is 33.8 Å². The summed E-state index contributed by atoms with van der Waals surface area (Å²) in [6.07, 6.45) is 3.79. The van der Waals surface area contributed by atoms with Crippen LogP contribution in [0.4, 0.5) is 0 Å². The van der Waals surface area contributed by atoms with Crippen molar-refractivity contribution in [3.63, 3.8) is 0 Å². The average molecular weight is 479 g/mol. The molecular weight excluding hydrogens is 460 g/mol. The molecule has 0 unspecified atom stereocenters. The van der Waals surface area contributed by atoms with Gasteiger partial charge in [0.25, 0.3) is 0 Å². The lowest BCUT2D eigenvalue weighted by Gasteiger charge is -2.01. The van der Waals surface area contributed by atoms with Crippen LogP contribution in [0, 0.1) is 18.3 Å². The summed E-state index contributed by atoms with van der Waals surface area (Å²) >= 11 is 7.56. The van der Waals surface area contributed by atoms with E-state index in [9.17, 15) is 5.26 Å². The minimum absolute atomic E-state index is 0.492. The fourth-order valence-corrected chi connectivity index (χ4v) is 4.51. The van der Waals surface area contributed by atoms with Gasteiger partial charge in [-0.05, 0) is 37.3 Å². The smallest absolute Gasteiger partial charge is 0.134 e. The number of thiazole rings is 1. The number of rotatable bonds is 5. The van der Waals surface area contributed by atoms with Gasteiger partial charge in [0.1, 0.15) is 11.1 Å². The maximum atomic E-state index is 9.98. The van der Waals surface area contributed by atoms with Crippen molar-refractivity contribution >= 4 is 34.6 Å². The first-order valence-corrected chi connectivity index (χ1v) is 11.9. The highest BCUT2D eigenvalue weighted by Crippen LogP contribution is 2.31. The summed E-state index contributed by atoms with van der Waals surface area (Å²) in [7, 11) is 0. The van der Waals surface area contributed by atoms with Crippen LogP contribution in [0.15, 0.2) is 90.4 Å². The van der Waals surface area contributed by atoms with E-state index in [0.29, 0.717) is 15.6 Å². The van der Waals surface area contributed by atoms with E-state index in [2.05, 4.69) is 25.1 Å². The molecule has 3 aromatic carbocycles. The minimum Gasteiger partial charge on any atom is -0.240 e. The number of aromatic nitrogens is 3. The van der Waals surface area contributed by atoms with Crippen LogP contribution in [0.25, 0.3) is 39.9 Å². The van der Waals surface area contributed by atoms with E-state index in [1.165, 1.54) is 16.9 Å². The summed E-state index contributed by atoms with van der Waals surface area (Å²) in [4.78, 5) is 4.74. The first-order valence-electron chi connectivity index (χ1n) is 10.7. The molecule has 0 N–H and O–H groups in total. The van der Waals surface area contributed by atoms with Crippen LogP contribution in [-0.2, 0) is 0 Å². The Kier molecular flexibility index (Phi) is 6.09. The largest absolute Gasteiger partial charge is 0.240 e. The zero-order chi connectivity index (χ0) is 23.5. The molecule has 0 radical (unpaired) electrons. The molecule has 6 heteroatoms. The van der Waals surface area contributed by atoms with E-state index in [4.69, 9.17) is 21.7 Å². The molecule has 0 atom stereocenters. The number of para-hydroxylation sites is 1. The van der Waals surface area contributed by atoms with Gasteiger partial charge in [-0.3, -0.25) is 0 Å². The Labute approximate surface area is 207 Å². The Morgan fingerprint density at radius 3 is 2.38 bits per heavy atom.